The molecule has 0 spiro atoms. The van der Waals surface area contributed by atoms with Crippen LogP contribution in [0.15, 0.2) is 29.3 Å². The molecule has 7 heteroatoms. The fourth-order valence-corrected chi connectivity index (χ4v) is 3.81. The molecule has 0 radical (unpaired) electrons. The molecule has 0 bridgehead atoms. The van der Waals surface area contributed by atoms with Gasteiger partial charge < -0.3 is 19.9 Å². The molecule has 2 aliphatic rings. The van der Waals surface area contributed by atoms with E-state index >= 15 is 0 Å². The molecular formula is C22H33FN4O2. The van der Waals surface area contributed by atoms with Gasteiger partial charge in [-0.2, -0.15) is 0 Å². The van der Waals surface area contributed by atoms with Gasteiger partial charge >= 0.3 is 0 Å². The van der Waals surface area contributed by atoms with Crippen LogP contribution < -0.4 is 5.32 Å². The number of amides is 1. The number of nitrogens with zero attached hydrogens (tertiary/aromatic N) is 3. The largest absolute Gasteiger partial charge is 0.368 e. The zero-order chi connectivity index (χ0) is 20.9. The zero-order valence-electron chi connectivity index (χ0n) is 17.8. The topological polar surface area (TPSA) is 57.2 Å². The van der Waals surface area contributed by atoms with Crippen LogP contribution in [0, 0.1) is 5.82 Å². The van der Waals surface area contributed by atoms with Gasteiger partial charge in [0.05, 0.1) is 6.54 Å². The van der Waals surface area contributed by atoms with Crippen LogP contribution in [0.25, 0.3) is 0 Å². The molecule has 2 aliphatic heterocycles. The van der Waals surface area contributed by atoms with E-state index in [0.717, 1.165) is 44.0 Å². The van der Waals surface area contributed by atoms with Crippen LogP contribution in [-0.2, 0) is 14.9 Å². The molecule has 0 aliphatic carbocycles. The van der Waals surface area contributed by atoms with Gasteiger partial charge in [-0.1, -0.05) is 26.0 Å². The van der Waals surface area contributed by atoms with Gasteiger partial charge in [-0.25, -0.2) is 4.39 Å². The van der Waals surface area contributed by atoms with Gasteiger partial charge in [-0.15, -0.1) is 0 Å². The molecule has 1 aromatic rings. The second-order valence-corrected chi connectivity index (χ2v) is 8.38. The molecule has 1 atom stereocenters. The lowest BCUT2D eigenvalue weighted by Crippen LogP contribution is -2.55. The van der Waals surface area contributed by atoms with Crippen LogP contribution in [0.4, 0.5) is 4.39 Å². The molecular weight excluding hydrogens is 371 g/mol. The molecule has 0 aromatic heterocycles. The summed E-state index contributed by atoms with van der Waals surface area (Å²) < 4.78 is 19.2. The van der Waals surface area contributed by atoms with Gasteiger partial charge in [0, 0.05) is 44.7 Å². The average molecular weight is 405 g/mol. The monoisotopic (exact) mass is 404 g/mol. The Morgan fingerprint density at radius 2 is 2.00 bits per heavy atom. The summed E-state index contributed by atoms with van der Waals surface area (Å²) in [6.45, 7) is 11.0. The van der Waals surface area contributed by atoms with Crippen LogP contribution >= 0.6 is 0 Å². The van der Waals surface area contributed by atoms with Gasteiger partial charge in [0.15, 0.2) is 5.96 Å². The minimum absolute atomic E-state index is 0.122. The first-order valence-corrected chi connectivity index (χ1v) is 10.6. The predicted molar refractivity (Wildman–Crippen MR) is 113 cm³/mol. The lowest BCUT2D eigenvalue weighted by atomic mass is 9.85. The number of halogens is 1. The SMILES string of the molecule is CCNC(=NCC(C)(C)c1cccc(F)c1)N1CCN(C(=O)C2CCCO2)CC1. The molecule has 1 amide bonds. The normalized spacial score (nSPS) is 20.8. The third-order valence-electron chi connectivity index (χ3n) is 5.66. The summed E-state index contributed by atoms with van der Waals surface area (Å²) in [5, 5.41) is 3.36. The predicted octanol–water partition coefficient (Wildman–Crippen LogP) is 2.39. The van der Waals surface area contributed by atoms with Crippen molar-refractivity contribution in [3.63, 3.8) is 0 Å². The number of hydrogen-bond acceptors (Lipinski definition) is 3. The molecule has 0 saturated carbocycles. The molecule has 3 rings (SSSR count). The Morgan fingerprint density at radius 3 is 2.62 bits per heavy atom. The maximum Gasteiger partial charge on any atom is 0.251 e. The first-order chi connectivity index (χ1) is 13.9. The molecule has 6 nitrogen and oxygen atoms in total. The zero-order valence-corrected chi connectivity index (χ0v) is 17.8. The van der Waals surface area contributed by atoms with Crippen molar-refractivity contribution < 1.29 is 13.9 Å². The smallest absolute Gasteiger partial charge is 0.251 e. The van der Waals surface area contributed by atoms with E-state index in [1.165, 1.54) is 6.07 Å². The molecule has 2 saturated heterocycles. The van der Waals surface area contributed by atoms with E-state index in [1.807, 2.05) is 17.9 Å². The Kier molecular flexibility index (Phi) is 7.11. The Morgan fingerprint density at radius 1 is 1.28 bits per heavy atom. The summed E-state index contributed by atoms with van der Waals surface area (Å²) in [5.41, 5.74) is 0.657. The highest BCUT2D eigenvalue weighted by Crippen LogP contribution is 2.24. The summed E-state index contributed by atoms with van der Waals surface area (Å²) in [7, 11) is 0. The van der Waals surface area contributed by atoms with E-state index in [2.05, 4.69) is 24.1 Å². The number of carbonyl (C=O) groups is 1. The molecule has 160 valence electrons. The first kappa shape index (κ1) is 21.6. The number of guanidine groups is 1. The van der Waals surface area contributed by atoms with Gasteiger partial charge in [-0.3, -0.25) is 9.79 Å². The fraction of sp³-hybridized carbons (Fsp3) is 0.636. The highest BCUT2D eigenvalue weighted by molar-refractivity contribution is 5.83. The van der Waals surface area contributed by atoms with E-state index in [1.54, 1.807) is 12.1 Å². The standard InChI is InChI=1S/C22H33FN4O2/c1-4-24-21(25-16-22(2,3)17-7-5-8-18(23)15-17)27-12-10-26(11-13-27)20(28)19-9-6-14-29-19/h5,7-8,15,19H,4,6,9-14,16H2,1-3H3,(H,24,25). The maximum absolute atomic E-state index is 13.6. The number of carbonyl (C=O) groups excluding carboxylic acids is 1. The minimum atomic E-state index is -0.277. The lowest BCUT2D eigenvalue weighted by Gasteiger charge is -2.37. The van der Waals surface area contributed by atoms with Crippen molar-refractivity contribution in [2.24, 2.45) is 4.99 Å². The minimum Gasteiger partial charge on any atom is -0.368 e. The van der Waals surface area contributed by atoms with Gasteiger partial charge in [-0.05, 0) is 37.5 Å². The highest BCUT2D eigenvalue weighted by Gasteiger charge is 2.31. The van der Waals surface area contributed by atoms with Crippen molar-refractivity contribution in [3.8, 4) is 0 Å². The van der Waals surface area contributed by atoms with Crippen LogP contribution in [-0.4, -0.2) is 73.6 Å². The summed E-state index contributed by atoms with van der Waals surface area (Å²) >= 11 is 0. The van der Waals surface area contributed by atoms with Crippen molar-refractivity contribution in [1.29, 1.82) is 0 Å². The van der Waals surface area contributed by atoms with Gasteiger partial charge in [0.25, 0.3) is 5.91 Å². The Bertz CT molecular complexity index is 723. The van der Waals surface area contributed by atoms with Gasteiger partial charge in [0.1, 0.15) is 11.9 Å². The molecule has 2 fully saturated rings. The fourth-order valence-electron chi connectivity index (χ4n) is 3.81. The van der Waals surface area contributed by atoms with Crippen LogP contribution in [0.1, 0.15) is 39.2 Å². The van der Waals surface area contributed by atoms with Gasteiger partial charge in [0.2, 0.25) is 0 Å². The summed E-state index contributed by atoms with van der Waals surface area (Å²) in [6.07, 6.45) is 1.54. The molecule has 2 heterocycles. The second kappa shape index (κ2) is 9.57. The van der Waals surface area contributed by atoms with E-state index < -0.39 is 0 Å². The Labute approximate surface area is 173 Å². The van der Waals surface area contributed by atoms with E-state index in [0.29, 0.717) is 26.2 Å². The van der Waals surface area contributed by atoms with Crippen LogP contribution in [0.3, 0.4) is 0 Å². The molecule has 29 heavy (non-hydrogen) atoms. The third-order valence-corrected chi connectivity index (χ3v) is 5.66. The number of nitrogens with one attached hydrogen (secondary N) is 1. The number of aliphatic imine (C=N–C) groups is 1. The number of piperazine rings is 1. The van der Waals surface area contributed by atoms with Crippen LogP contribution in [0.5, 0.6) is 0 Å². The van der Waals surface area contributed by atoms with Crippen molar-refractivity contribution in [2.45, 2.75) is 45.1 Å². The number of hydrogen-bond donors (Lipinski definition) is 1. The molecule has 1 aromatic carbocycles. The number of ether oxygens (including phenoxy) is 1. The Hall–Kier alpha value is -2.15. The number of rotatable bonds is 5. The van der Waals surface area contributed by atoms with E-state index in [4.69, 9.17) is 9.73 Å². The van der Waals surface area contributed by atoms with Crippen molar-refractivity contribution >= 4 is 11.9 Å². The Balaban J connectivity index is 1.61. The molecule has 1 unspecified atom stereocenters. The number of benzene rings is 1. The third kappa shape index (κ3) is 5.47. The molecule has 1 N–H and O–H groups in total. The summed E-state index contributed by atoms with van der Waals surface area (Å²) in [6, 6.07) is 6.73. The maximum atomic E-state index is 13.6. The van der Waals surface area contributed by atoms with Crippen LogP contribution in [0.2, 0.25) is 0 Å². The van der Waals surface area contributed by atoms with E-state index in [-0.39, 0.29) is 23.2 Å². The summed E-state index contributed by atoms with van der Waals surface area (Å²) in [5.74, 6) is 0.746. The van der Waals surface area contributed by atoms with Crippen molar-refractivity contribution in [3.05, 3.63) is 35.6 Å². The first-order valence-electron chi connectivity index (χ1n) is 10.6. The van der Waals surface area contributed by atoms with Crippen molar-refractivity contribution in [1.82, 2.24) is 15.1 Å². The quantitative estimate of drug-likeness (QED) is 0.605. The van der Waals surface area contributed by atoms with Crippen molar-refractivity contribution in [2.75, 3.05) is 45.9 Å². The highest BCUT2D eigenvalue weighted by atomic mass is 19.1. The summed E-state index contributed by atoms with van der Waals surface area (Å²) in [4.78, 5) is 21.5. The lowest BCUT2D eigenvalue weighted by molar-refractivity contribution is -0.142. The average Bonchev–Trinajstić information content (AvgIpc) is 3.26. The second-order valence-electron chi connectivity index (χ2n) is 8.38. The van der Waals surface area contributed by atoms with E-state index in [9.17, 15) is 9.18 Å².